The minimum Gasteiger partial charge on any atom is -0.497 e. The molecule has 3 aromatic carbocycles. The Kier molecular flexibility index (Phi) is 12.2. The second kappa shape index (κ2) is 17.9. The Morgan fingerprint density at radius 3 is 2.66 bits per heavy atom. The Morgan fingerprint density at radius 2 is 1.88 bits per heavy atom. The number of hydrogen-bond acceptors (Lipinski definition) is 11. The van der Waals surface area contributed by atoms with E-state index in [4.69, 9.17) is 30.5 Å². The van der Waals surface area contributed by atoms with Crippen LogP contribution in [0.5, 0.6) is 11.6 Å². The van der Waals surface area contributed by atoms with Gasteiger partial charge >= 0.3 is 6.03 Å². The number of rotatable bonds is 15. The standard InChI is InChI=1S/C42H48N10O4/c1-3-4-7-30-26-38(52(50-30)32-10-12-33(13-11-32)55-23-20-51-18-21-54-22-19-51)48-42(53)47-36-14-15-37(35-9-6-5-8-34(35)36)56-39-16-17-45-41(49-39)46-31-24-28(2)40(44)29(25-31)27-43/h5-6,8-10,12,14-17,24-27,43H,3-4,7,11,13,18-23,44H2,1-2H3,(H,45,46,49)(H2,47,48,53). The number of unbranched alkanes of at least 4 members (excludes halogenated alkanes) is 1. The van der Waals surface area contributed by atoms with Gasteiger partial charge in [0.2, 0.25) is 11.8 Å². The quantitative estimate of drug-likeness (QED) is 0.0518. The zero-order valence-electron chi connectivity index (χ0n) is 31.8. The molecule has 290 valence electrons. The summed E-state index contributed by atoms with van der Waals surface area (Å²) in [6, 6.07) is 18.2. The summed E-state index contributed by atoms with van der Waals surface area (Å²) in [5, 5.41) is 23.4. The lowest BCUT2D eigenvalue weighted by Gasteiger charge is -2.26. The van der Waals surface area contributed by atoms with E-state index in [1.165, 1.54) is 6.21 Å². The molecule has 7 rings (SSSR count). The normalized spacial score (nSPS) is 14.5. The van der Waals surface area contributed by atoms with Gasteiger partial charge in [0.15, 0.2) is 0 Å². The molecule has 1 fully saturated rings. The molecule has 0 bridgehead atoms. The molecule has 3 heterocycles. The van der Waals surface area contributed by atoms with Crippen molar-refractivity contribution < 1.29 is 19.0 Å². The van der Waals surface area contributed by atoms with Crippen LogP contribution < -0.4 is 26.4 Å². The molecule has 2 aliphatic rings. The number of nitrogen functional groups attached to an aromatic ring is 1. The number of hydrogen-bond donors (Lipinski definition) is 5. The molecule has 0 spiro atoms. The van der Waals surface area contributed by atoms with Gasteiger partial charge in [0, 0.05) is 84.0 Å². The summed E-state index contributed by atoms with van der Waals surface area (Å²) in [5.41, 5.74) is 11.3. The first-order valence-corrected chi connectivity index (χ1v) is 19.1. The number of benzene rings is 3. The van der Waals surface area contributed by atoms with Crippen molar-refractivity contribution in [1.29, 1.82) is 5.41 Å². The summed E-state index contributed by atoms with van der Waals surface area (Å²) in [4.78, 5) is 24.9. The van der Waals surface area contributed by atoms with Crippen LogP contribution in [-0.4, -0.2) is 76.3 Å². The van der Waals surface area contributed by atoms with Gasteiger partial charge in [-0.2, -0.15) is 10.1 Å². The molecule has 1 aliphatic heterocycles. The highest BCUT2D eigenvalue weighted by Crippen LogP contribution is 2.35. The fourth-order valence-electron chi connectivity index (χ4n) is 6.71. The van der Waals surface area contributed by atoms with Gasteiger partial charge in [-0.25, -0.2) is 14.5 Å². The number of morpholine rings is 1. The number of nitrogens with zero attached hydrogens (tertiary/aromatic N) is 5. The van der Waals surface area contributed by atoms with Crippen molar-refractivity contribution in [2.45, 2.75) is 46.0 Å². The van der Waals surface area contributed by atoms with E-state index in [0.717, 1.165) is 98.4 Å². The predicted molar refractivity (Wildman–Crippen MR) is 221 cm³/mol. The van der Waals surface area contributed by atoms with Crippen LogP contribution in [0.3, 0.4) is 0 Å². The number of urea groups is 1. The van der Waals surface area contributed by atoms with Gasteiger partial charge in [-0.3, -0.25) is 10.2 Å². The first-order chi connectivity index (χ1) is 27.4. The van der Waals surface area contributed by atoms with Crippen molar-refractivity contribution in [3.05, 3.63) is 102 Å². The third-order valence-corrected chi connectivity index (χ3v) is 9.76. The summed E-state index contributed by atoms with van der Waals surface area (Å²) in [7, 11) is 0. The highest BCUT2D eigenvalue weighted by Gasteiger charge is 2.19. The molecule has 1 saturated heterocycles. The number of anilines is 5. The number of allylic oxidation sites excluding steroid dienone is 4. The van der Waals surface area contributed by atoms with Crippen molar-refractivity contribution in [2.24, 2.45) is 0 Å². The molecular formula is C42H48N10O4. The zero-order chi connectivity index (χ0) is 38.9. The smallest absolute Gasteiger partial charge is 0.324 e. The van der Waals surface area contributed by atoms with E-state index in [1.807, 2.05) is 66.2 Å². The summed E-state index contributed by atoms with van der Waals surface area (Å²) in [5.74, 6) is 2.77. The minimum atomic E-state index is -0.387. The average Bonchev–Trinajstić information content (AvgIpc) is 3.62. The van der Waals surface area contributed by atoms with Crippen molar-refractivity contribution in [2.75, 3.05) is 61.1 Å². The Balaban J connectivity index is 1.04. The lowest BCUT2D eigenvalue weighted by atomic mass is 10.1. The number of ether oxygens (including phenoxy) is 3. The number of aromatic nitrogens is 4. The maximum atomic E-state index is 13.6. The lowest BCUT2D eigenvalue weighted by Crippen LogP contribution is -2.38. The maximum absolute atomic E-state index is 13.6. The van der Waals surface area contributed by atoms with Crippen LogP contribution in [0.15, 0.2) is 84.8 Å². The minimum absolute atomic E-state index is 0.326. The molecule has 14 nitrogen and oxygen atoms in total. The first kappa shape index (κ1) is 38.0. The molecule has 0 radical (unpaired) electrons. The molecule has 5 aromatic rings. The predicted octanol–water partition coefficient (Wildman–Crippen LogP) is 8.10. The van der Waals surface area contributed by atoms with E-state index in [0.29, 0.717) is 52.6 Å². The van der Waals surface area contributed by atoms with Crippen LogP contribution in [0.4, 0.5) is 33.6 Å². The monoisotopic (exact) mass is 756 g/mol. The Hall–Kier alpha value is -6.25. The van der Waals surface area contributed by atoms with Gasteiger partial charge in [0.05, 0.1) is 30.4 Å². The highest BCUT2D eigenvalue weighted by atomic mass is 16.5. The van der Waals surface area contributed by atoms with Crippen LogP contribution in [-0.2, 0) is 15.9 Å². The molecule has 0 atom stereocenters. The van der Waals surface area contributed by atoms with Gasteiger partial charge in [-0.15, -0.1) is 0 Å². The van der Waals surface area contributed by atoms with Gasteiger partial charge in [-0.05, 0) is 68.2 Å². The number of aryl methyl sites for hydroxylation is 2. The van der Waals surface area contributed by atoms with Gasteiger partial charge in [0.1, 0.15) is 18.2 Å². The summed E-state index contributed by atoms with van der Waals surface area (Å²) < 4.78 is 19.7. The second-order valence-electron chi connectivity index (χ2n) is 13.8. The number of nitrogens with one attached hydrogen (secondary N) is 4. The molecule has 6 N–H and O–H groups in total. The van der Waals surface area contributed by atoms with E-state index in [1.54, 1.807) is 24.4 Å². The van der Waals surface area contributed by atoms with Crippen LogP contribution in [0.1, 0.15) is 49.4 Å². The van der Waals surface area contributed by atoms with E-state index in [9.17, 15) is 4.79 Å². The summed E-state index contributed by atoms with van der Waals surface area (Å²) in [6.45, 7) is 9.00. The number of amides is 2. The number of fused-ring (bicyclic) bond motifs is 1. The fraction of sp³-hybridized carbons (Fsp3) is 0.310. The number of nitrogens with two attached hydrogens (primary N) is 1. The van der Waals surface area contributed by atoms with E-state index in [-0.39, 0.29) is 6.03 Å². The van der Waals surface area contributed by atoms with Gasteiger partial charge in [0.25, 0.3) is 0 Å². The molecule has 1 aliphatic carbocycles. The zero-order valence-corrected chi connectivity index (χ0v) is 31.8. The summed E-state index contributed by atoms with van der Waals surface area (Å²) in [6.07, 6.45) is 11.2. The SMILES string of the molecule is CCCCc1cc(NC(=O)Nc2ccc(Oc3ccnc(Nc4cc(C)c(N)c(C=N)c4)n3)c3ccccc23)n(C2=CC=C(OCCN3CCOCC3)CC2)n1. The van der Waals surface area contributed by atoms with Gasteiger partial charge < -0.3 is 36.0 Å². The third kappa shape index (κ3) is 9.33. The van der Waals surface area contributed by atoms with Crippen molar-refractivity contribution in [3.63, 3.8) is 0 Å². The van der Waals surface area contributed by atoms with E-state index in [2.05, 4.69) is 37.7 Å². The van der Waals surface area contributed by atoms with Crippen LogP contribution in [0, 0.1) is 12.3 Å². The molecule has 0 unspecified atom stereocenters. The van der Waals surface area contributed by atoms with Crippen molar-refractivity contribution in [3.8, 4) is 11.6 Å². The average molecular weight is 757 g/mol. The lowest BCUT2D eigenvalue weighted by molar-refractivity contribution is 0.0270. The van der Waals surface area contributed by atoms with Crippen molar-refractivity contribution >= 4 is 57.5 Å². The first-order valence-electron chi connectivity index (χ1n) is 19.1. The fourth-order valence-corrected chi connectivity index (χ4v) is 6.71. The Morgan fingerprint density at radius 1 is 1.04 bits per heavy atom. The molecule has 14 heteroatoms. The van der Waals surface area contributed by atoms with Gasteiger partial charge in [-0.1, -0.05) is 37.6 Å². The molecular weight excluding hydrogens is 709 g/mol. The molecule has 0 saturated carbocycles. The topological polar surface area (TPSA) is 178 Å². The van der Waals surface area contributed by atoms with Crippen LogP contribution in [0.25, 0.3) is 16.5 Å². The second-order valence-corrected chi connectivity index (χ2v) is 13.8. The molecule has 56 heavy (non-hydrogen) atoms. The van der Waals surface area contributed by atoms with Crippen LogP contribution in [0.2, 0.25) is 0 Å². The Bertz CT molecular complexity index is 2260. The molecule has 2 aromatic heterocycles. The van der Waals surface area contributed by atoms with E-state index >= 15 is 0 Å². The highest BCUT2D eigenvalue weighted by molar-refractivity contribution is 6.07. The maximum Gasteiger partial charge on any atom is 0.324 e. The number of carbonyl (C=O) groups is 1. The Labute approximate surface area is 326 Å². The largest absolute Gasteiger partial charge is 0.497 e. The van der Waals surface area contributed by atoms with Crippen LogP contribution >= 0.6 is 0 Å². The molecule has 2 amide bonds. The number of carbonyl (C=O) groups excluding carboxylic acids is 1. The summed E-state index contributed by atoms with van der Waals surface area (Å²) >= 11 is 0. The van der Waals surface area contributed by atoms with E-state index < -0.39 is 0 Å². The van der Waals surface area contributed by atoms with Crippen molar-refractivity contribution in [1.82, 2.24) is 24.6 Å². The third-order valence-electron chi connectivity index (χ3n) is 9.76.